The number of amides is 1. The first-order valence-corrected chi connectivity index (χ1v) is 10.4. The molecule has 0 saturated carbocycles. The molecule has 1 aromatic heterocycles. The van der Waals surface area contributed by atoms with E-state index in [0.29, 0.717) is 41.4 Å². The molecule has 0 aliphatic carbocycles. The summed E-state index contributed by atoms with van der Waals surface area (Å²) in [4.78, 5) is 13.6. The van der Waals surface area contributed by atoms with Crippen LogP contribution in [0.5, 0.6) is 0 Å². The number of hydrogen-bond acceptors (Lipinski definition) is 6. The third-order valence-corrected chi connectivity index (χ3v) is 5.98. The SMILES string of the molecule is NCc1cn(C[C@H]2CN(c3ccc(C4=CC[S@+]([O-])CC4)c(F)c3)C(=O)O2)nn1. The molecule has 1 aromatic carbocycles. The summed E-state index contributed by atoms with van der Waals surface area (Å²) in [5.41, 5.74) is 7.95. The number of benzene rings is 1. The quantitative estimate of drug-likeness (QED) is 0.754. The molecular weight excluding hydrogens is 385 g/mol. The number of anilines is 1. The summed E-state index contributed by atoms with van der Waals surface area (Å²) in [5, 5.41) is 7.85. The Labute approximate surface area is 164 Å². The van der Waals surface area contributed by atoms with Crippen molar-refractivity contribution in [1.82, 2.24) is 15.0 Å². The van der Waals surface area contributed by atoms with E-state index in [1.165, 1.54) is 11.0 Å². The van der Waals surface area contributed by atoms with Crippen LogP contribution in [0.4, 0.5) is 14.9 Å². The van der Waals surface area contributed by atoms with Gasteiger partial charge in [0.15, 0.2) is 0 Å². The highest BCUT2D eigenvalue weighted by Gasteiger charge is 2.33. The van der Waals surface area contributed by atoms with Crippen LogP contribution >= 0.6 is 0 Å². The van der Waals surface area contributed by atoms with E-state index in [4.69, 9.17) is 10.5 Å². The van der Waals surface area contributed by atoms with Crippen LogP contribution in [0, 0.1) is 5.82 Å². The van der Waals surface area contributed by atoms with Crippen molar-refractivity contribution >= 4 is 28.5 Å². The molecule has 0 bridgehead atoms. The molecule has 2 atom stereocenters. The average molecular weight is 405 g/mol. The Balaban J connectivity index is 1.46. The molecule has 0 radical (unpaired) electrons. The second-order valence-electron chi connectivity index (χ2n) is 6.71. The first-order valence-electron chi connectivity index (χ1n) is 8.94. The second-order valence-corrected chi connectivity index (χ2v) is 8.33. The van der Waals surface area contributed by atoms with Crippen LogP contribution < -0.4 is 10.6 Å². The van der Waals surface area contributed by atoms with Gasteiger partial charge in [0.1, 0.15) is 23.4 Å². The molecule has 2 aliphatic heterocycles. The molecule has 0 unspecified atom stereocenters. The maximum Gasteiger partial charge on any atom is 0.414 e. The maximum atomic E-state index is 14.7. The summed E-state index contributed by atoms with van der Waals surface area (Å²) in [7, 11) is 0. The van der Waals surface area contributed by atoms with Crippen LogP contribution in [-0.2, 0) is 29.0 Å². The number of cyclic esters (lactones) is 1. The molecule has 148 valence electrons. The second kappa shape index (κ2) is 7.90. The van der Waals surface area contributed by atoms with E-state index in [-0.39, 0.29) is 13.1 Å². The van der Waals surface area contributed by atoms with E-state index in [2.05, 4.69) is 10.3 Å². The van der Waals surface area contributed by atoms with E-state index in [9.17, 15) is 13.7 Å². The summed E-state index contributed by atoms with van der Waals surface area (Å²) < 4.78 is 33.1. The molecule has 2 aliphatic rings. The summed E-state index contributed by atoms with van der Waals surface area (Å²) in [6, 6.07) is 4.71. The third-order valence-electron chi connectivity index (χ3n) is 4.78. The van der Waals surface area contributed by atoms with Gasteiger partial charge in [-0.3, -0.25) is 4.90 Å². The van der Waals surface area contributed by atoms with Gasteiger partial charge in [0.05, 0.1) is 24.5 Å². The molecule has 10 heteroatoms. The highest BCUT2D eigenvalue weighted by Crippen LogP contribution is 2.30. The lowest BCUT2D eigenvalue weighted by molar-refractivity contribution is 0.129. The van der Waals surface area contributed by atoms with E-state index in [1.54, 1.807) is 23.0 Å². The van der Waals surface area contributed by atoms with E-state index < -0.39 is 29.2 Å². The van der Waals surface area contributed by atoms with Gasteiger partial charge in [-0.2, -0.15) is 0 Å². The summed E-state index contributed by atoms with van der Waals surface area (Å²) in [6.45, 7) is 0.922. The average Bonchev–Trinajstić information content (AvgIpc) is 3.29. The Morgan fingerprint density at radius 2 is 2.29 bits per heavy atom. The monoisotopic (exact) mass is 405 g/mol. The van der Waals surface area contributed by atoms with Crippen molar-refractivity contribution < 1.29 is 18.5 Å². The van der Waals surface area contributed by atoms with Gasteiger partial charge in [-0.25, -0.2) is 13.9 Å². The number of hydrogen-bond donors (Lipinski definition) is 1. The number of ether oxygens (including phenoxy) is 1. The smallest absolute Gasteiger partial charge is 0.414 e. The first kappa shape index (κ1) is 18.9. The Hall–Kier alpha value is -2.43. The zero-order valence-corrected chi connectivity index (χ0v) is 15.9. The fraction of sp³-hybridized carbons (Fsp3) is 0.389. The molecule has 3 heterocycles. The van der Waals surface area contributed by atoms with Gasteiger partial charge in [-0.15, -0.1) is 5.10 Å². The van der Waals surface area contributed by atoms with Crippen molar-refractivity contribution in [3.63, 3.8) is 0 Å². The zero-order valence-electron chi connectivity index (χ0n) is 15.1. The Morgan fingerprint density at radius 1 is 1.43 bits per heavy atom. The Bertz CT molecular complexity index is 918. The van der Waals surface area contributed by atoms with Gasteiger partial charge in [0.2, 0.25) is 0 Å². The molecule has 1 saturated heterocycles. The topological polar surface area (TPSA) is 109 Å². The highest BCUT2D eigenvalue weighted by atomic mass is 32.2. The van der Waals surface area contributed by atoms with Crippen LogP contribution in [-0.4, -0.2) is 49.8 Å². The minimum absolute atomic E-state index is 0.286. The Morgan fingerprint density at radius 3 is 2.96 bits per heavy atom. The van der Waals surface area contributed by atoms with Gasteiger partial charge in [0, 0.05) is 24.7 Å². The maximum absolute atomic E-state index is 14.7. The lowest BCUT2D eigenvalue weighted by Gasteiger charge is -2.19. The normalized spacial score (nSPS) is 22.3. The van der Waals surface area contributed by atoms with Gasteiger partial charge in [-0.05, 0) is 41.0 Å². The molecule has 2 N–H and O–H groups in total. The first-order chi connectivity index (χ1) is 13.5. The Kier molecular flexibility index (Phi) is 5.33. The summed E-state index contributed by atoms with van der Waals surface area (Å²) in [6.07, 6.45) is 3.17. The highest BCUT2D eigenvalue weighted by molar-refractivity contribution is 7.91. The minimum Gasteiger partial charge on any atom is -0.616 e. The number of rotatable bonds is 5. The fourth-order valence-electron chi connectivity index (χ4n) is 3.34. The predicted molar refractivity (Wildman–Crippen MR) is 102 cm³/mol. The molecule has 1 amide bonds. The molecular formula is C18H20FN5O3S. The van der Waals surface area contributed by atoms with Gasteiger partial charge in [-0.1, -0.05) is 5.21 Å². The van der Waals surface area contributed by atoms with Gasteiger partial charge in [0.25, 0.3) is 0 Å². The number of carbonyl (C=O) groups excluding carboxylic acids is 1. The zero-order chi connectivity index (χ0) is 19.7. The van der Waals surface area contributed by atoms with Crippen molar-refractivity contribution in [3.8, 4) is 0 Å². The van der Waals surface area contributed by atoms with Crippen LogP contribution in [0.15, 0.2) is 30.5 Å². The fourth-order valence-corrected chi connectivity index (χ4v) is 4.34. The van der Waals surface area contributed by atoms with Crippen molar-refractivity contribution in [2.24, 2.45) is 5.73 Å². The van der Waals surface area contributed by atoms with Gasteiger partial charge < -0.3 is 15.0 Å². The molecule has 4 rings (SSSR count). The lowest BCUT2D eigenvalue weighted by atomic mass is 10.0. The van der Waals surface area contributed by atoms with E-state index in [0.717, 1.165) is 5.57 Å². The van der Waals surface area contributed by atoms with Crippen molar-refractivity contribution in [1.29, 1.82) is 0 Å². The summed E-state index contributed by atoms with van der Waals surface area (Å²) in [5.74, 6) is 0.586. The van der Waals surface area contributed by atoms with Crippen molar-refractivity contribution in [2.45, 2.75) is 25.6 Å². The number of halogens is 1. The van der Waals surface area contributed by atoms with E-state index in [1.807, 2.05) is 6.08 Å². The lowest BCUT2D eigenvalue weighted by Crippen LogP contribution is -2.26. The summed E-state index contributed by atoms with van der Waals surface area (Å²) >= 11 is -0.859. The number of nitrogens with zero attached hydrogens (tertiary/aromatic N) is 4. The third kappa shape index (κ3) is 3.89. The number of allylic oxidation sites excluding steroid dienone is 1. The standard InChI is InChI=1S/C18H20FN5O3S/c19-17-7-14(1-2-16(17)12-3-5-28(26)6-4-12)24-11-15(27-18(24)25)10-23-9-13(8-20)21-22-23/h1-3,7,9,15H,4-6,8,10-11,20H2/t15-,28-/m0/s1. The molecule has 8 nitrogen and oxygen atoms in total. The van der Waals surface area contributed by atoms with Crippen molar-refractivity contribution in [3.05, 3.63) is 47.5 Å². The molecule has 0 spiro atoms. The predicted octanol–water partition coefficient (Wildman–Crippen LogP) is 1.44. The van der Waals surface area contributed by atoms with Gasteiger partial charge >= 0.3 is 6.09 Å². The molecule has 2 aromatic rings. The largest absolute Gasteiger partial charge is 0.616 e. The number of carbonyl (C=O) groups is 1. The number of nitrogens with two attached hydrogens (primary N) is 1. The van der Waals surface area contributed by atoms with Crippen LogP contribution in [0.25, 0.3) is 5.57 Å². The van der Waals surface area contributed by atoms with E-state index >= 15 is 0 Å². The van der Waals surface area contributed by atoms with Crippen LogP contribution in [0.2, 0.25) is 0 Å². The molecule has 1 fully saturated rings. The molecule has 28 heavy (non-hydrogen) atoms. The van der Waals surface area contributed by atoms with Crippen LogP contribution in [0.1, 0.15) is 17.7 Å². The van der Waals surface area contributed by atoms with Crippen LogP contribution in [0.3, 0.4) is 0 Å². The van der Waals surface area contributed by atoms with Crippen molar-refractivity contribution in [2.75, 3.05) is 23.0 Å². The number of aromatic nitrogens is 3. The minimum atomic E-state index is -0.859.